The van der Waals surface area contributed by atoms with Crippen molar-refractivity contribution < 1.29 is 23.9 Å². The Balaban J connectivity index is 1.99. The molecule has 0 N–H and O–H groups in total. The average molecular weight is 269 g/mol. The summed E-state index contributed by atoms with van der Waals surface area (Å²) in [6.45, 7) is 4.87. The van der Waals surface area contributed by atoms with Gasteiger partial charge in [0.15, 0.2) is 5.78 Å². The van der Waals surface area contributed by atoms with Gasteiger partial charge in [0.1, 0.15) is 6.61 Å². The SMILES string of the molecule is CC(C)C(=O)COCCOCCN1C(=O)C=CC1=O. The first-order valence-corrected chi connectivity index (χ1v) is 6.24. The van der Waals surface area contributed by atoms with Crippen LogP contribution in [0.25, 0.3) is 0 Å². The minimum atomic E-state index is -0.313. The van der Waals surface area contributed by atoms with Crippen LogP contribution in [0.15, 0.2) is 12.2 Å². The van der Waals surface area contributed by atoms with Crippen LogP contribution in [0.1, 0.15) is 13.8 Å². The Morgan fingerprint density at radius 2 is 1.68 bits per heavy atom. The van der Waals surface area contributed by atoms with Crippen molar-refractivity contribution in [2.45, 2.75) is 13.8 Å². The van der Waals surface area contributed by atoms with E-state index in [-0.39, 0.29) is 43.3 Å². The molecule has 0 atom stereocenters. The molecule has 0 spiro atoms. The molecule has 1 aliphatic rings. The summed E-state index contributed by atoms with van der Waals surface area (Å²) in [4.78, 5) is 34.7. The Kier molecular flexibility index (Phi) is 6.38. The summed E-state index contributed by atoms with van der Waals surface area (Å²) < 4.78 is 10.4. The molecule has 0 aromatic heterocycles. The van der Waals surface area contributed by atoms with Crippen LogP contribution in [0.2, 0.25) is 0 Å². The van der Waals surface area contributed by atoms with Crippen LogP contribution in [0.5, 0.6) is 0 Å². The number of imide groups is 1. The zero-order valence-electron chi connectivity index (χ0n) is 11.3. The fourth-order valence-electron chi connectivity index (χ4n) is 1.37. The molecule has 1 heterocycles. The monoisotopic (exact) mass is 269 g/mol. The Morgan fingerprint density at radius 1 is 1.11 bits per heavy atom. The number of carbonyl (C=O) groups excluding carboxylic acids is 3. The minimum absolute atomic E-state index is 0.0272. The second-order valence-corrected chi connectivity index (χ2v) is 4.45. The van der Waals surface area contributed by atoms with Crippen LogP contribution < -0.4 is 0 Å². The number of carbonyl (C=O) groups is 3. The van der Waals surface area contributed by atoms with Gasteiger partial charge in [-0.3, -0.25) is 19.3 Å². The van der Waals surface area contributed by atoms with Crippen molar-refractivity contribution in [3.8, 4) is 0 Å². The van der Waals surface area contributed by atoms with Crippen molar-refractivity contribution in [1.82, 2.24) is 4.90 Å². The van der Waals surface area contributed by atoms with Crippen LogP contribution in [-0.4, -0.2) is 55.5 Å². The molecule has 0 aromatic rings. The van der Waals surface area contributed by atoms with Gasteiger partial charge in [-0.15, -0.1) is 0 Å². The molecular formula is C13H19NO5. The molecular weight excluding hydrogens is 250 g/mol. The molecule has 19 heavy (non-hydrogen) atoms. The zero-order chi connectivity index (χ0) is 14.3. The van der Waals surface area contributed by atoms with E-state index in [1.807, 2.05) is 13.8 Å². The molecule has 0 aliphatic carbocycles. The molecule has 2 amide bonds. The fraction of sp³-hybridized carbons (Fsp3) is 0.615. The van der Waals surface area contributed by atoms with Crippen LogP contribution in [-0.2, 0) is 23.9 Å². The van der Waals surface area contributed by atoms with Crippen LogP contribution in [0.4, 0.5) is 0 Å². The molecule has 0 unspecified atom stereocenters. The summed E-state index contributed by atoms with van der Waals surface area (Å²) in [7, 11) is 0. The predicted octanol–water partition coefficient (Wildman–Crippen LogP) is 0.170. The van der Waals surface area contributed by atoms with E-state index in [4.69, 9.17) is 9.47 Å². The number of nitrogens with zero attached hydrogens (tertiary/aromatic N) is 1. The smallest absolute Gasteiger partial charge is 0.253 e. The van der Waals surface area contributed by atoms with E-state index in [2.05, 4.69) is 0 Å². The minimum Gasteiger partial charge on any atom is -0.377 e. The lowest BCUT2D eigenvalue weighted by Gasteiger charge is -2.13. The van der Waals surface area contributed by atoms with Gasteiger partial charge in [-0.2, -0.15) is 0 Å². The van der Waals surface area contributed by atoms with Gasteiger partial charge in [0, 0.05) is 18.1 Å². The van der Waals surface area contributed by atoms with Crippen molar-refractivity contribution in [1.29, 1.82) is 0 Å². The van der Waals surface area contributed by atoms with Crippen molar-refractivity contribution in [2.24, 2.45) is 5.92 Å². The van der Waals surface area contributed by atoms with Crippen molar-refractivity contribution in [3.63, 3.8) is 0 Å². The quantitative estimate of drug-likeness (QED) is 0.440. The maximum atomic E-state index is 11.2. The first-order valence-electron chi connectivity index (χ1n) is 6.24. The largest absolute Gasteiger partial charge is 0.377 e. The lowest BCUT2D eigenvalue weighted by molar-refractivity contribution is -0.138. The highest BCUT2D eigenvalue weighted by Gasteiger charge is 2.22. The van der Waals surface area contributed by atoms with E-state index in [1.54, 1.807) is 0 Å². The number of Topliss-reactive ketones (excluding diaryl/α,β-unsaturated/α-hetero) is 1. The lowest BCUT2D eigenvalue weighted by atomic mass is 10.1. The van der Waals surface area contributed by atoms with E-state index in [0.717, 1.165) is 4.90 Å². The van der Waals surface area contributed by atoms with Gasteiger partial charge in [-0.05, 0) is 0 Å². The Hall–Kier alpha value is -1.53. The molecule has 0 bridgehead atoms. The molecule has 0 fully saturated rings. The molecule has 0 radical (unpaired) electrons. The maximum absolute atomic E-state index is 11.2. The van der Waals surface area contributed by atoms with Gasteiger partial charge in [-0.25, -0.2) is 0 Å². The molecule has 1 rings (SSSR count). The highest BCUT2D eigenvalue weighted by molar-refractivity contribution is 6.12. The third kappa shape index (κ3) is 5.32. The second-order valence-electron chi connectivity index (χ2n) is 4.45. The summed E-state index contributed by atoms with van der Waals surface area (Å²) in [5.41, 5.74) is 0. The maximum Gasteiger partial charge on any atom is 0.253 e. The number of hydrogen-bond acceptors (Lipinski definition) is 5. The van der Waals surface area contributed by atoms with Gasteiger partial charge in [-0.1, -0.05) is 13.8 Å². The third-order valence-electron chi connectivity index (χ3n) is 2.62. The van der Waals surface area contributed by atoms with Crippen LogP contribution in [0, 0.1) is 5.92 Å². The molecule has 0 saturated carbocycles. The van der Waals surface area contributed by atoms with Crippen molar-refractivity contribution >= 4 is 17.6 Å². The van der Waals surface area contributed by atoms with Gasteiger partial charge in [0.2, 0.25) is 0 Å². The second kappa shape index (κ2) is 7.81. The average Bonchev–Trinajstić information content (AvgIpc) is 2.68. The topological polar surface area (TPSA) is 72.9 Å². The van der Waals surface area contributed by atoms with Gasteiger partial charge >= 0.3 is 0 Å². The Morgan fingerprint density at radius 3 is 2.26 bits per heavy atom. The summed E-state index contributed by atoms with van der Waals surface area (Å²) in [5, 5.41) is 0. The molecule has 6 heteroatoms. The molecule has 0 aromatic carbocycles. The summed E-state index contributed by atoms with van der Waals surface area (Å²) in [6.07, 6.45) is 2.48. The third-order valence-corrected chi connectivity index (χ3v) is 2.62. The van der Waals surface area contributed by atoms with Crippen molar-refractivity contribution in [3.05, 3.63) is 12.2 Å². The van der Waals surface area contributed by atoms with E-state index in [1.165, 1.54) is 12.2 Å². The normalized spacial score (nSPS) is 14.8. The van der Waals surface area contributed by atoms with Crippen LogP contribution >= 0.6 is 0 Å². The summed E-state index contributed by atoms with van der Waals surface area (Å²) >= 11 is 0. The van der Waals surface area contributed by atoms with E-state index < -0.39 is 0 Å². The Bertz CT molecular complexity index is 357. The first-order chi connectivity index (χ1) is 9.02. The zero-order valence-corrected chi connectivity index (χ0v) is 11.3. The standard InChI is InChI=1S/C13H19NO5/c1-10(2)11(15)9-19-8-7-18-6-5-14-12(16)3-4-13(14)17/h3-4,10H,5-9H2,1-2H3. The number of hydrogen-bond donors (Lipinski definition) is 0. The number of rotatable bonds is 9. The van der Waals surface area contributed by atoms with E-state index >= 15 is 0 Å². The van der Waals surface area contributed by atoms with E-state index in [9.17, 15) is 14.4 Å². The molecule has 106 valence electrons. The molecule has 1 aliphatic heterocycles. The Labute approximate surface area is 112 Å². The number of amides is 2. The molecule has 6 nitrogen and oxygen atoms in total. The summed E-state index contributed by atoms with van der Waals surface area (Å²) in [5.74, 6) is -0.597. The lowest BCUT2D eigenvalue weighted by Crippen LogP contribution is -2.33. The van der Waals surface area contributed by atoms with Gasteiger partial charge in [0.25, 0.3) is 11.8 Å². The highest BCUT2D eigenvalue weighted by Crippen LogP contribution is 2.02. The van der Waals surface area contributed by atoms with Crippen LogP contribution in [0.3, 0.4) is 0 Å². The highest BCUT2D eigenvalue weighted by atomic mass is 16.5. The fourth-order valence-corrected chi connectivity index (χ4v) is 1.37. The first kappa shape index (κ1) is 15.5. The predicted molar refractivity (Wildman–Crippen MR) is 67.3 cm³/mol. The number of ketones is 1. The van der Waals surface area contributed by atoms with Crippen molar-refractivity contribution in [2.75, 3.05) is 33.0 Å². The van der Waals surface area contributed by atoms with Gasteiger partial charge < -0.3 is 9.47 Å². The summed E-state index contributed by atoms with van der Waals surface area (Å²) in [6, 6.07) is 0. The van der Waals surface area contributed by atoms with Gasteiger partial charge in [0.05, 0.1) is 26.4 Å². The molecule has 0 saturated heterocycles. The van der Waals surface area contributed by atoms with E-state index in [0.29, 0.717) is 13.2 Å². The number of ether oxygens (including phenoxy) is 2.